The van der Waals surface area contributed by atoms with Gasteiger partial charge >= 0.3 is 6.03 Å². The Kier molecular flexibility index (Phi) is 2.70. The zero-order valence-electron chi connectivity index (χ0n) is 10.8. The normalized spacial score (nSPS) is 25.9. The Balaban J connectivity index is 1.77. The van der Waals surface area contributed by atoms with Crippen molar-refractivity contribution in [1.82, 2.24) is 19.9 Å². The molecule has 0 spiro atoms. The molecular formula is C13H14BrN5O. The lowest BCUT2D eigenvalue weighted by Gasteiger charge is -2.29. The average Bonchev–Trinajstić information content (AvgIpc) is 2.98. The van der Waals surface area contributed by atoms with Crippen LogP contribution in [-0.4, -0.2) is 32.7 Å². The maximum Gasteiger partial charge on any atom is 0.323 e. The van der Waals surface area contributed by atoms with E-state index in [0.29, 0.717) is 5.82 Å². The quantitative estimate of drug-likeness (QED) is 0.869. The summed E-state index contributed by atoms with van der Waals surface area (Å²) in [6, 6.07) is 2.31. The highest BCUT2D eigenvalue weighted by Gasteiger charge is 2.41. The Labute approximate surface area is 124 Å². The number of hydrogen-bond donors (Lipinski definition) is 1. The van der Waals surface area contributed by atoms with Gasteiger partial charge < -0.3 is 5.32 Å². The van der Waals surface area contributed by atoms with E-state index in [1.165, 1.54) is 12.8 Å². The van der Waals surface area contributed by atoms with Gasteiger partial charge in [-0.05, 0) is 34.8 Å². The van der Waals surface area contributed by atoms with Crippen LogP contribution in [0.15, 0.2) is 22.9 Å². The van der Waals surface area contributed by atoms with Crippen LogP contribution in [0.5, 0.6) is 0 Å². The second kappa shape index (κ2) is 4.44. The van der Waals surface area contributed by atoms with Gasteiger partial charge in [0.05, 0.1) is 22.8 Å². The molecule has 2 fully saturated rings. The molecule has 2 aromatic heterocycles. The second-order valence-electron chi connectivity index (χ2n) is 5.32. The molecule has 2 amide bonds. The molecule has 1 aliphatic heterocycles. The van der Waals surface area contributed by atoms with Crippen LogP contribution in [0.3, 0.4) is 0 Å². The van der Waals surface area contributed by atoms with Gasteiger partial charge in [0, 0.05) is 6.20 Å². The van der Waals surface area contributed by atoms with Crippen LogP contribution in [0.25, 0.3) is 5.65 Å². The van der Waals surface area contributed by atoms with Gasteiger partial charge in [-0.25, -0.2) is 14.3 Å². The molecule has 6 nitrogen and oxygen atoms in total. The topological polar surface area (TPSA) is 62.5 Å². The van der Waals surface area contributed by atoms with Crippen LogP contribution in [0.1, 0.15) is 25.7 Å². The van der Waals surface area contributed by atoms with Crippen molar-refractivity contribution >= 4 is 33.4 Å². The SMILES string of the molecule is O=C1N[C@H]2CCCC[C@@H]2N1c1ccn2ncc(Br)c2n1. The molecule has 7 heteroatoms. The molecule has 3 heterocycles. The molecule has 4 rings (SSSR count). The van der Waals surface area contributed by atoms with Crippen LogP contribution >= 0.6 is 15.9 Å². The first-order valence-electron chi connectivity index (χ1n) is 6.83. The molecule has 0 bridgehead atoms. The predicted molar refractivity (Wildman–Crippen MR) is 77.7 cm³/mol. The van der Waals surface area contributed by atoms with Gasteiger partial charge in [0.25, 0.3) is 0 Å². The van der Waals surface area contributed by atoms with E-state index < -0.39 is 0 Å². The Morgan fingerprint density at radius 3 is 3.10 bits per heavy atom. The van der Waals surface area contributed by atoms with Crippen LogP contribution in [0.2, 0.25) is 0 Å². The molecule has 2 atom stereocenters. The van der Waals surface area contributed by atoms with Crippen molar-refractivity contribution in [2.75, 3.05) is 4.90 Å². The minimum Gasteiger partial charge on any atom is -0.333 e. The van der Waals surface area contributed by atoms with E-state index in [2.05, 4.69) is 31.3 Å². The highest BCUT2D eigenvalue weighted by atomic mass is 79.9. The number of aromatic nitrogens is 3. The van der Waals surface area contributed by atoms with Crippen molar-refractivity contribution in [1.29, 1.82) is 0 Å². The average molecular weight is 336 g/mol. The van der Waals surface area contributed by atoms with Gasteiger partial charge in [-0.15, -0.1) is 0 Å². The molecule has 2 aromatic rings. The minimum atomic E-state index is -0.0330. The molecule has 1 saturated heterocycles. The lowest BCUT2D eigenvalue weighted by Crippen LogP contribution is -2.39. The largest absolute Gasteiger partial charge is 0.333 e. The molecule has 1 N–H and O–H groups in total. The number of halogens is 1. The maximum atomic E-state index is 12.2. The van der Waals surface area contributed by atoms with Crippen LogP contribution in [-0.2, 0) is 0 Å². The predicted octanol–water partition coefficient (Wildman–Crippen LogP) is 2.33. The fourth-order valence-electron chi connectivity index (χ4n) is 3.21. The number of anilines is 1. The highest BCUT2D eigenvalue weighted by Crippen LogP contribution is 2.31. The van der Waals surface area contributed by atoms with E-state index in [4.69, 9.17) is 0 Å². The number of nitrogens with one attached hydrogen (secondary N) is 1. The van der Waals surface area contributed by atoms with E-state index in [-0.39, 0.29) is 18.1 Å². The zero-order chi connectivity index (χ0) is 13.7. The van der Waals surface area contributed by atoms with Gasteiger partial charge in [0.15, 0.2) is 5.65 Å². The monoisotopic (exact) mass is 335 g/mol. The van der Waals surface area contributed by atoms with Crippen molar-refractivity contribution in [3.63, 3.8) is 0 Å². The molecule has 0 unspecified atom stereocenters. The molecule has 2 aliphatic rings. The summed E-state index contributed by atoms with van der Waals surface area (Å²) in [4.78, 5) is 18.6. The van der Waals surface area contributed by atoms with Gasteiger partial charge in [0.1, 0.15) is 5.82 Å². The minimum absolute atomic E-state index is 0.0330. The van der Waals surface area contributed by atoms with E-state index in [0.717, 1.165) is 23.0 Å². The summed E-state index contributed by atoms with van der Waals surface area (Å²) in [7, 11) is 0. The third kappa shape index (κ3) is 1.72. The number of amides is 2. The summed E-state index contributed by atoms with van der Waals surface area (Å²) in [6.45, 7) is 0. The van der Waals surface area contributed by atoms with Crippen LogP contribution < -0.4 is 10.2 Å². The second-order valence-corrected chi connectivity index (χ2v) is 6.18. The third-order valence-corrected chi connectivity index (χ3v) is 4.71. The maximum absolute atomic E-state index is 12.2. The highest BCUT2D eigenvalue weighted by molar-refractivity contribution is 9.10. The Bertz CT molecular complexity index is 684. The molecule has 0 aromatic carbocycles. The fourth-order valence-corrected chi connectivity index (χ4v) is 3.57. The summed E-state index contributed by atoms with van der Waals surface area (Å²) in [5.74, 6) is 0.700. The molecule has 0 radical (unpaired) electrons. The van der Waals surface area contributed by atoms with E-state index in [1.807, 2.05) is 17.2 Å². The van der Waals surface area contributed by atoms with E-state index in [1.54, 1.807) is 10.7 Å². The number of fused-ring (bicyclic) bond motifs is 2. The zero-order valence-corrected chi connectivity index (χ0v) is 12.4. The smallest absolute Gasteiger partial charge is 0.323 e. The number of carbonyl (C=O) groups excluding carboxylic acids is 1. The van der Waals surface area contributed by atoms with Gasteiger partial charge in [-0.1, -0.05) is 12.8 Å². The number of hydrogen-bond acceptors (Lipinski definition) is 3. The summed E-state index contributed by atoms with van der Waals surface area (Å²) in [6.07, 6.45) is 8.01. The summed E-state index contributed by atoms with van der Waals surface area (Å²) in [5.41, 5.74) is 0.731. The van der Waals surface area contributed by atoms with Crippen molar-refractivity contribution in [3.8, 4) is 0 Å². The first kappa shape index (κ1) is 12.1. The Hall–Kier alpha value is -1.63. The van der Waals surface area contributed by atoms with Gasteiger partial charge in [-0.3, -0.25) is 4.90 Å². The van der Waals surface area contributed by atoms with Crippen LogP contribution in [0.4, 0.5) is 10.6 Å². The molecule has 1 aliphatic carbocycles. The van der Waals surface area contributed by atoms with Crippen molar-refractivity contribution in [3.05, 3.63) is 22.9 Å². The Morgan fingerprint density at radius 2 is 2.20 bits per heavy atom. The number of urea groups is 1. The van der Waals surface area contributed by atoms with E-state index in [9.17, 15) is 4.79 Å². The van der Waals surface area contributed by atoms with Crippen molar-refractivity contribution in [2.45, 2.75) is 37.8 Å². The fraction of sp³-hybridized carbons (Fsp3) is 0.462. The molecule has 104 valence electrons. The lowest BCUT2D eigenvalue weighted by atomic mass is 9.91. The summed E-state index contributed by atoms with van der Waals surface area (Å²) < 4.78 is 2.53. The molecule has 20 heavy (non-hydrogen) atoms. The van der Waals surface area contributed by atoms with E-state index >= 15 is 0 Å². The molecular weight excluding hydrogens is 322 g/mol. The lowest BCUT2D eigenvalue weighted by molar-refractivity contribution is 0.250. The van der Waals surface area contributed by atoms with Gasteiger partial charge in [-0.2, -0.15) is 5.10 Å². The van der Waals surface area contributed by atoms with Crippen molar-refractivity contribution < 1.29 is 4.79 Å². The van der Waals surface area contributed by atoms with Crippen molar-refractivity contribution in [2.24, 2.45) is 0 Å². The van der Waals surface area contributed by atoms with Crippen LogP contribution in [0, 0.1) is 0 Å². The first-order chi connectivity index (χ1) is 9.74. The standard InChI is InChI=1S/C13H14BrN5O/c14-8-7-15-18-6-5-11(17-12(8)18)19-10-4-2-1-3-9(10)16-13(19)20/h5-7,9-10H,1-4H2,(H,16,20)/t9-,10-/m0/s1. The molecule has 1 saturated carbocycles. The summed E-state index contributed by atoms with van der Waals surface area (Å²) in [5, 5.41) is 7.25. The number of rotatable bonds is 1. The number of carbonyl (C=O) groups is 1. The summed E-state index contributed by atoms with van der Waals surface area (Å²) >= 11 is 3.43. The Morgan fingerprint density at radius 1 is 1.35 bits per heavy atom. The number of nitrogens with zero attached hydrogens (tertiary/aromatic N) is 4. The first-order valence-corrected chi connectivity index (χ1v) is 7.63. The van der Waals surface area contributed by atoms with Gasteiger partial charge in [0.2, 0.25) is 0 Å². The third-order valence-electron chi connectivity index (χ3n) is 4.15.